The number of hydrogen-bond donors (Lipinski definition) is 3. The molecule has 606 valence electrons. The number of hydrogen-bond acceptors (Lipinski definition) is 19. The van der Waals surface area contributed by atoms with E-state index < -0.39 is 16.6 Å². The van der Waals surface area contributed by atoms with E-state index in [1.165, 1.54) is 54.7 Å². The van der Waals surface area contributed by atoms with E-state index in [0.29, 0.717) is 106 Å². The fourth-order valence-corrected chi connectivity index (χ4v) is 15.8. The van der Waals surface area contributed by atoms with Gasteiger partial charge >= 0.3 is 0 Å². The smallest absolute Gasteiger partial charge is 0.278 e. The molecule has 21 aromatic rings. The highest BCUT2D eigenvalue weighted by Crippen LogP contribution is 2.45. The van der Waals surface area contributed by atoms with Crippen LogP contribution in [0.15, 0.2) is 311 Å². The van der Waals surface area contributed by atoms with Gasteiger partial charge in [0, 0.05) is 151 Å². The molecule has 0 aliphatic carbocycles. The number of anilines is 2. The molecule has 27 heteroatoms. The van der Waals surface area contributed by atoms with E-state index >= 15 is 0 Å². The van der Waals surface area contributed by atoms with Crippen LogP contribution in [0.1, 0.15) is 0 Å². The second kappa shape index (κ2) is 34.6. The van der Waals surface area contributed by atoms with Crippen molar-refractivity contribution in [2.45, 2.75) is 0 Å². The Morgan fingerprint density at radius 1 is 0.392 bits per heavy atom. The molecule has 0 unspecified atom stereocenters. The number of halogens is 6. The van der Waals surface area contributed by atoms with Crippen LogP contribution in [0.2, 0.25) is 10.0 Å². The maximum absolute atomic E-state index is 14.6. The second-order valence-electron chi connectivity index (χ2n) is 28.7. The van der Waals surface area contributed by atoms with Crippen LogP contribution in [0.4, 0.5) is 34.9 Å². The van der Waals surface area contributed by atoms with Crippen LogP contribution < -0.4 is 16.2 Å². The number of nitrogens with zero attached hydrogens (tertiary/aromatic N) is 15. The number of nitrogens with two attached hydrogens (primary N) is 2. The molecule has 0 fully saturated rings. The van der Waals surface area contributed by atoms with Crippen LogP contribution in [0.3, 0.4) is 0 Å². The Labute approximate surface area is 717 Å². The molecule has 0 spiro atoms. The van der Waals surface area contributed by atoms with E-state index in [0.717, 1.165) is 104 Å². The van der Waals surface area contributed by atoms with Gasteiger partial charge in [-0.2, -0.15) is 5.10 Å². The first kappa shape index (κ1) is 80.0. The molecule has 21 nitrogen and oxygen atoms in total. The van der Waals surface area contributed by atoms with E-state index in [1.54, 1.807) is 121 Å². The fraction of sp³-hybridized carbons (Fsp3) is 0.0306. The standard InChI is InChI=1S/C27H18FN5.C25H19FN4O2.C23H12ClFN4O2.C23H14ClFN4/c1-33-16-17(14-31-33)18-8-9-19(20-10-12-29-15-24(18)20)23-13-26(22-5-2-3-7-25(22)28)32-27-21(23)6-4-11-30-27;26-20-6-2-1-4-18(20)21-14-19(17-5-3-10-29-25(17)30-21)15-7-8-22(32-13-12-31)23-16(15)9-11-28-24(23)27;24-13-3-5-20(25)18(10-13)21-11-17(16-2-1-8-27-23(16)28-21)14-4-6-22(29(30)31)19-12-26-9-7-15(14)19;24-14-6-7-20(25)19(9-14)21-10-18(16-5-2-8-27-23(16)29-21)15-4-1-3-13-12-28-22(26)11-17(13)15/h2-16H,1H3;1-11,14,31H,12-13H2,(H2,27,28);1-12H;1-12H,(H2,26,28). The average Bonchev–Trinajstić information content (AvgIpc) is 1.21. The van der Waals surface area contributed by atoms with Gasteiger partial charge in [-0.25, -0.2) is 67.4 Å². The number of non-ortho nitro benzene ring substituents is 1. The van der Waals surface area contributed by atoms with Crippen molar-refractivity contribution in [3.05, 3.63) is 354 Å². The Kier molecular flexibility index (Phi) is 22.1. The number of aliphatic hydroxyl groups excluding tert-OH is 1. The van der Waals surface area contributed by atoms with E-state index in [-0.39, 0.29) is 36.1 Å². The number of rotatable bonds is 13. The SMILES string of the molecule is Cn1cc(-c2ccc(-c3cc(-c4ccccc4F)nc4ncccc34)c3ccncc23)cn1.Nc1cc2c(-c3cc(-c4cc(Cl)ccc4F)nc4ncccc34)cccc2cn1.Nc1nccc2c(-c3cc(-c4ccccc4F)nc4ncccc34)ccc(OCCO)c12.O=[N+]([O-])c1ccc(-c2cc(-c3cc(Cl)ccc3F)nc3ncccc23)c2ccncc12. The molecule has 0 saturated heterocycles. The summed E-state index contributed by atoms with van der Waals surface area (Å²) in [7, 11) is 1.90. The highest BCUT2D eigenvalue weighted by Gasteiger charge is 2.24. The molecule has 125 heavy (non-hydrogen) atoms. The van der Waals surface area contributed by atoms with Gasteiger partial charge in [-0.3, -0.25) is 24.8 Å². The molecule has 0 aliphatic rings. The van der Waals surface area contributed by atoms with Crippen molar-refractivity contribution in [3.63, 3.8) is 0 Å². The van der Waals surface area contributed by atoms with Crippen molar-refractivity contribution in [1.29, 1.82) is 0 Å². The minimum absolute atomic E-state index is 0.0376. The minimum atomic E-state index is -0.462. The van der Waals surface area contributed by atoms with Crippen LogP contribution in [0.5, 0.6) is 5.75 Å². The number of pyridine rings is 12. The molecule has 8 aromatic carbocycles. The first-order valence-electron chi connectivity index (χ1n) is 38.9. The van der Waals surface area contributed by atoms with Crippen molar-refractivity contribution in [3.8, 4) is 106 Å². The van der Waals surface area contributed by atoms with Gasteiger partial charge in [0.15, 0.2) is 22.6 Å². The molecular weight excluding hydrogens is 1630 g/mol. The maximum atomic E-state index is 14.6. The molecular formula is C98H63Cl2F4N17O4. The van der Waals surface area contributed by atoms with Gasteiger partial charge in [-0.1, -0.05) is 83.9 Å². The third-order valence-corrected chi connectivity index (χ3v) is 21.6. The van der Waals surface area contributed by atoms with Crippen LogP contribution in [0.25, 0.3) is 188 Å². The normalized spacial score (nSPS) is 11.2. The third kappa shape index (κ3) is 16.0. The minimum Gasteiger partial charge on any atom is -0.490 e. The molecule has 13 aromatic heterocycles. The Hall–Kier alpha value is -16.1. The summed E-state index contributed by atoms with van der Waals surface area (Å²) in [5.74, 6) is -0.232. The number of nitro groups is 1. The van der Waals surface area contributed by atoms with Crippen LogP contribution in [-0.4, -0.2) is 92.8 Å². The van der Waals surface area contributed by atoms with Gasteiger partial charge in [0.25, 0.3) is 5.69 Å². The summed E-state index contributed by atoms with van der Waals surface area (Å²) in [4.78, 5) is 63.9. The zero-order valence-electron chi connectivity index (χ0n) is 65.7. The van der Waals surface area contributed by atoms with E-state index in [2.05, 4.69) is 77.0 Å². The Morgan fingerprint density at radius 2 is 0.840 bits per heavy atom. The molecule has 0 amide bonds. The molecule has 5 N–H and O–H groups in total. The van der Waals surface area contributed by atoms with Crippen LogP contribution in [-0.2, 0) is 7.05 Å². The highest BCUT2D eigenvalue weighted by molar-refractivity contribution is 6.31. The predicted octanol–water partition coefficient (Wildman–Crippen LogP) is 22.8. The van der Waals surface area contributed by atoms with Crippen molar-refractivity contribution in [1.82, 2.24) is 69.6 Å². The zero-order chi connectivity index (χ0) is 85.9. The topological polar surface area (TPSA) is 297 Å². The number of nitrogen functional groups attached to an aromatic ring is 2. The molecule has 0 radical (unpaired) electrons. The Morgan fingerprint density at radius 3 is 1.34 bits per heavy atom. The average molecular weight is 1690 g/mol. The van der Waals surface area contributed by atoms with Crippen molar-refractivity contribution >= 4 is 128 Å². The molecule has 0 atom stereocenters. The lowest BCUT2D eigenvalue weighted by atomic mass is 9.92. The first-order chi connectivity index (χ1) is 61.0. The van der Waals surface area contributed by atoms with E-state index in [4.69, 9.17) is 44.5 Å². The molecule has 21 rings (SSSR count). The summed E-state index contributed by atoms with van der Waals surface area (Å²) < 4.78 is 65.8. The summed E-state index contributed by atoms with van der Waals surface area (Å²) in [6, 6.07) is 68.8. The number of benzene rings is 8. The molecule has 0 saturated carbocycles. The van der Waals surface area contributed by atoms with Crippen molar-refractivity contribution in [2.75, 3.05) is 24.7 Å². The van der Waals surface area contributed by atoms with Crippen LogP contribution in [0, 0.1) is 33.4 Å². The lowest BCUT2D eigenvalue weighted by Crippen LogP contribution is -2.04. The largest absolute Gasteiger partial charge is 0.490 e. The summed E-state index contributed by atoms with van der Waals surface area (Å²) >= 11 is 12.2. The second-order valence-corrected chi connectivity index (χ2v) is 29.5. The van der Waals surface area contributed by atoms with E-state index in [9.17, 15) is 27.7 Å². The summed E-state index contributed by atoms with van der Waals surface area (Å²) in [6.07, 6.45) is 20.6. The number of ether oxygens (including phenoxy) is 1. The zero-order valence-corrected chi connectivity index (χ0v) is 67.2. The highest BCUT2D eigenvalue weighted by atomic mass is 35.5. The fourth-order valence-electron chi connectivity index (χ4n) is 15.4. The molecule has 0 bridgehead atoms. The van der Waals surface area contributed by atoms with Gasteiger partial charge in [0.2, 0.25) is 0 Å². The first-order valence-corrected chi connectivity index (χ1v) is 39.6. The van der Waals surface area contributed by atoms with Crippen LogP contribution >= 0.6 is 23.2 Å². The van der Waals surface area contributed by atoms with Crippen molar-refractivity contribution < 1.29 is 32.3 Å². The number of aromatic nitrogens is 14. The lowest BCUT2D eigenvalue weighted by Gasteiger charge is -2.15. The number of nitro benzene ring substituents is 1. The summed E-state index contributed by atoms with van der Waals surface area (Å²) in [5, 5.41) is 35.6. The third-order valence-electron chi connectivity index (χ3n) is 21.1. The van der Waals surface area contributed by atoms with Gasteiger partial charge in [-0.05, 0) is 241 Å². The molecule has 13 heterocycles. The van der Waals surface area contributed by atoms with Gasteiger partial charge in [0.05, 0.1) is 51.3 Å². The quantitative estimate of drug-likeness (QED) is 0.0549. The van der Waals surface area contributed by atoms with E-state index in [1.807, 2.05) is 135 Å². The predicted molar refractivity (Wildman–Crippen MR) is 483 cm³/mol. The summed E-state index contributed by atoms with van der Waals surface area (Å²) in [6.45, 7) is 0.0262. The Bertz CT molecular complexity index is 7850. The van der Waals surface area contributed by atoms with Crippen molar-refractivity contribution in [2.24, 2.45) is 7.05 Å². The number of fused-ring (bicyclic) bond motifs is 8. The van der Waals surface area contributed by atoms with Gasteiger partial charge < -0.3 is 21.3 Å². The number of aryl methyl sites for hydroxylation is 1. The van der Waals surface area contributed by atoms with Gasteiger partial charge in [-0.15, -0.1) is 0 Å². The maximum Gasteiger partial charge on any atom is 0.278 e. The lowest BCUT2D eigenvalue weighted by molar-refractivity contribution is -0.383. The monoisotopic (exact) mass is 1690 g/mol. The Balaban J connectivity index is 0.000000113. The van der Waals surface area contributed by atoms with Gasteiger partial charge in [0.1, 0.15) is 47.3 Å². The number of aliphatic hydroxyl groups is 1. The summed E-state index contributed by atoms with van der Waals surface area (Å²) in [5.41, 5.74) is 26.4. The molecule has 0 aliphatic heterocycles.